The molecule has 0 fully saturated rings. The van der Waals surface area contributed by atoms with Crippen LogP contribution in [0.25, 0.3) is 10.9 Å². The fourth-order valence-corrected chi connectivity index (χ4v) is 3.94. The van der Waals surface area contributed by atoms with E-state index in [0.29, 0.717) is 39.7 Å². The van der Waals surface area contributed by atoms with Crippen LogP contribution in [-0.2, 0) is 4.74 Å². The molecule has 0 saturated carbocycles. The van der Waals surface area contributed by atoms with Crippen LogP contribution in [0.1, 0.15) is 18.6 Å². The van der Waals surface area contributed by atoms with Crippen molar-refractivity contribution >= 4 is 38.6 Å². The highest BCUT2D eigenvalue weighted by molar-refractivity contribution is 9.10. The molecule has 0 spiro atoms. The fourth-order valence-electron chi connectivity index (χ4n) is 3.33. The lowest BCUT2D eigenvalue weighted by molar-refractivity contribution is 0.121. The third-order valence-corrected chi connectivity index (χ3v) is 5.77. The number of hydrogen-bond acceptors (Lipinski definition) is 7. The van der Waals surface area contributed by atoms with Crippen LogP contribution in [0, 0.1) is 0 Å². The number of nitrogens with zero attached hydrogens (tertiary/aromatic N) is 2. The molecule has 0 saturated heterocycles. The second kappa shape index (κ2) is 10.4. The molecule has 1 amide bonds. The van der Waals surface area contributed by atoms with Crippen molar-refractivity contribution in [1.29, 1.82) is 0 Å². The van der Waals surface area contributed by atoms with Gasteiger partial charge in [-0.3, -0.25) is 5.32 Å². The van der Waals surface area contributed by atoms with Crippen LogP contribution in [0.4, 0.5) is 10.5 Å². The first-order valence-corrected chi connectivity index (χ1v) is 11.1. The lowest BCUT2D eigenvalue weighted by Crippen LogP contribution is -2.16. The van der Waals surface area contributed by atoms with Gasteiger partial charge >= 0.3 is 6.09 Å². The van der Waals surface area contributed by atoms with Crippen molar-refractivity contribution in [3.63, 3.8) is 0 Å². The minimum atomic E-state index is -0.556. The van der Waals surface area contributed by atoms with Gasteiger partial charge < -0.3 is 18.9 Å². The third kappa shape index (κ3) is 5.20. The molecule has 1 atom stereocenters. The second-order valence-corrected chi connectivity index (χ2v) is 8.08. The fraction of sp³-hybridized carbons (Fsp3) is 0.160. The summed E-state index contributed by atoms with van der Waals surface area (Å²) in [6.45, 7) is 1.81. The van der Waals surface area contributed by atoms with Crippen LogP contribution < -0.4 is 19.5 Å². The van der Waals surface area contributed by atoms with Crippen molar-refractivity contribution in [3.05, 3.63) is 77.0 Å². The number of fused-ring (bicyclic) bond motifs is 1. The molecule has 0 bridgehead atoms. The van der Waals surface area contributed by atoms with Crippen molar-refractivity contribution in [3.8, 4) is 23.1 Å². The number of methoxy groups -OCH3 is 2. The number of carbonyl (C=O) groups is 1. The van der Waals surface area contributed by atoms with Crippen molar-refractivity contribution < 1.29 is 23.7 Å². The highest BCUT2D eigenvalue weighted by Gasteiger charge is 2.15. The Morgan fingerprint density at radius 3 is 2.38 bits per heavy atom. The van der Waals surface area contributed by atoms with Crippen molar-refractivity contribution in [2.75, 3.05) is 19.5 Å². The summed E-state index contributed by atoms with van der Waals surface area (Å²) < 4.78 is 23.0. The molecule has 4 rings (SSSR count). The largest absolute Gasteiger partial charge is 0.493 e. The van der Waals surface area contributed by atoms with Gasteiger partial charge in [-0.1, -0.05) is 34.1 Å². The maximum absolute atomic E-state index is 12.3. The first-order valence-electron chi connectivity index (χ1n) is 10.3. The van der Waals surface area contributed by atoms with Crippen LogP contribution in [-0.4, -0.2) is 30.3 Å². The summed E-state index contributed by atoms with van der Waals surface area (Å²) in [6.07, 6.45) is 0.446. The highest BCUT2D eigenvalue weighted by Crippen LogP contribution is 2.36. The second-order valence-electron chi connectivity index (χ2n) is 7.22. The molecule has 0 aliphatic rings. The standard InChI is InChI=1S/C25H22BrN3O5/c1-15(18-6-4-5-7-20(18)26)33-25(30)29-16-8-10-17(11-9-16)34-24-19-12-22(31-2)23(32-3)13-21(19)27-14-28-24/h4-15H,1-3H3,(H,29,30). The number of benzene rings is 3. The monoisotopic (exact) mass is 523 g/mol. The maximum atomic E-state index is 12.3. The Bertz CT molecular complexity index is 1310. The van der Waals surface area contributed by atoms with Crippen molar-refractivity contribution in [2.45, 2.75) is 13.0 Å². The molecule has 1 heterocycles. The molecular formula is C25H22BrN3O5. The van der Waals surface area contributed by atoms with Gasteiger partial charge in [0.25, 0.3) is 0 Å². The van der Waals surface area contributed by atoms with Gasteiger partial charge in [0.1, 0.15) is 18.2 Å². The van der Waals surface area contributed by atoms with E-state index in [1.54, 1.807) is 50.6 Å². The predicted molar refractivity (Wildman–Crippen MR) is 132 cm³/mol. The Morgan fingerprint density at radius 2 is 1.68 bits per heavy atom. The molecular weight excluding hydrogens is 502 g/mol. The summed E-state index contributed by atoms with van der Waals surface area (Å²) in [4.78, 5) is 20.8. The Hall–Kier alpha value is -3.85. The Kier molecular flexibility index (Phi) is 7.12. The number of anilines is 1. The number of amides is 1. The smallest absolute Gasteiger partial charge is 0.412 e. The predicted octanol–water partition coefficient (Wildman–Crippen LogP) is 6.51. The summed E-state index contributed by atoms with van der Waals surface area (Å²) in [6, 6.07) is 18.0. The van der Waals surface area contributed by atoms with E-state index in [-0.39, 0.29) is 0 Å². The highest BCUT2D eigenvalue weighted by atomic mass is 79.9. The number of halogens is 1. The van der Waals surface area contributed by atoms with E-state index in [2.05, 4.69) is 31.2 Å². The quantitative estimate of drug-likeness (QED) is 0.295. The van der Waals surface area contributed by atoms with Gasteiger partial charge in [-0.2, -0.15) is 0 Å². The molecule has 1 N–H and O–H groups in total. The van der Waals surface area contributed by atoms with Crippen molar-refractivity contribution in [1.82, 2.24) is 9.97 Å². The normalized spacial score (nSPS) is 11.5. The van der Waals surface area contributed by atoms with Crippen molar-refractivity contribution in [2.24, 2.45) is 0 Å². The molecule has 174 valence electrons. The van der Waals surface area contributed by atoms with E-state index in [1.165, 1.54) is 6.33 Å². The third-order valence-electron chi connectivity index (χ3n) is 5.05. The summed E-state index contributed by atoms with van der Waals surface area (Å²) in [7, 11) is 3.12. The van der Waals surface area contributed by atoms with Crippen LogP contribution in [0.3, 0.4) is 0 Å². The Labute approximate surface area is 205 Å². The molecule has 3 aromatic carbocycles. The summed E-state index contributed by atoms with van der Waals surface area (Å²) >= 11 is 3.47. The van der Waals surface area contributed by atoms with E-state index in [4.69, 9.17) is 18.9 Å². The molecule has 9 heteroatoms. The van der Waals surface area contributed by atoms with E-state index in [1.807, 2.05) is 31.2 Å². The van der Waals surface area contributed by atoms with Crippen LogP contribution in [0.15, 0.2) is 71.5 Å². The molecule has 4 aromatic rings. The first-order chi connectivity index (χ1) is 16.5. The Morgan fingerprint density at radius 1 is 0.971 bits per heavy atom. The summed E-state index contributed by atoms with van der Waals surface area (Å²) in [5.74, 6) is 2.02. The average molecular weight is 524 g/mol. The molecule has 8 nitrogen and oxygen atoms in total. The zero-order valence-electron chi connectivity index (χ0n) is 18.7. The zero-order valence-corrected chi connectivity index (χ0v) is 20.3. The van der Waals surface area contributed by atoms with Crippen LogP contribution in [0.2, 0.25) is 0 Å². The number of rotatable bonds is 7. The number of ether oxygens (including phenoxy) is 4. The minimum absolute atomic E-state index is 0.369. The van der Waals surface area contributed by atoms with Gasteiger partial charge in [-0.25, -0.2) is 14.8 Å². The zero-order chi connectivity index (χ0) is 24.1. The van der Waals surface area contributed by atoms with Crippen LogP contribution in [0.5, 0.6) is 23.1 Å². The molecule has 0 aliphatic carbocycles. The van der Waals surface area contributed by atoms with Gasteiger partial charge in [0.15, 0.2) is 11.5 Å². The lowest BCUT2D eigenvalue weighted by atomic mass is 10.1. The SMILES string of the molecule is COc1cc2ncnc(Oc3ccc(NC(=O)OC(C)c4ccccc4Br)cc3)c2cc1OC. The van der Waals surface area contributed by atoms with Crippen LogP contribution >= 0.6 is 15.9 Å². The van der Waals surface area contributed by atoms with E-state index >= 15 is 0 Å². The molecule has 0 radical (unpaired) electrons. The summed E-state index contributed by atoms with van der Waals surface area (Å²) in [5, 5.41) is 3.40. The molecule has 34 heavy (non-hydrogen) atoms. The van der Waals surface area contributed by atoms with Gasteiger partial charge in [0.05, 0.1) is 25.1 Å². The molecule has 0 aliphatic heterocycles. The maximum Gasteiger partial charge on any atom is 0.412 e. The minimum Gasteiger partial charge on any atom is -0.493 e. The Balaban J connectivity index is 1.44. The van der Waals surface area contributed by atoms with E-state index in [9.17, 15) is 4.79 Å². The van der Waals surface area contributed by atoms with Gasteiger partial charge in [-0.05, 0) is 43.3 Å². The number of carbonyl (C=O) groups excluding carboxylic acids is 1. The topological polar surface area (TPSA) is 91.8 Å². The molecule has 1 unspecified atom stereocenters. The van der Waals surface area contributed by atoms with E-state index in [0.717, 1.165) is 10.0 Å². The number of nitrogens with one attached hydrogen (secondary N) is 1. The number of aromatic nitrogens is 2. The first kappa shape index (κ1) is 23.3. The molecule has 1 aromatic heterocycles. The van der Waals surface area contributed by atoms with Gasteiger partial charge in [0, 0.05) is 21.8 Å². The average Bonchev–Trinajstić information content (AvgIpc) is 2.84. The van der Waals surface area contributed by atoms with Gasteiger partial charge in [0.2, 0.25) is 5.88 Å². The number of hydrogen-bond donors (Lipinski definition) is 1. The van der Waals surface area contributed by atoms with E-state index < -0.39 is 12.2 Å². The van der Waals surface area contributed by atoms with Gasteiger partial charge in [-0.15, -0.1) is 0 Å². The lowest BCUT2D eigenvalue weighted by Gasteiger charge is -2.15. The summed E-state index contributed by atoms with van der Waals surface area (Å²) in [5.41, 5.74) is 2.10.